The van der Waals surface area contributed by atoms with Gasteiger partial charge < -0.3 is 14.7 Å². The molecule has 0 rings (SSSR count). The third-order valence-electron chi connectivity index (χ3n) is 7.89. The fourth-order valence-corrected chi connectivity index (χ4v) is 5.34. The van der Waals surface area contributed by atoms with Gasteiger partial charge in [-0.15, -0.1) is 0 Å². The molecule has 0 aromatic carbocycles. The van der Waals surface area contributed by atoms with Crippen molar-refractivity contribution >= 4 is 5.97 Å². The Morgan fingerprint density at radius 1 is 0.605 bits per heavy atom. The number of esters is 1. The number of nitrogens with zero attached hydrogens (tertiary/aromatic N) is 1. The Bertz CT molecular complexity index is 468. The molecule has 0 bridgehead atoms. The van der Waals surface area contributed by atoms with Gasteiger partial charge in [0.2, 0.25) is 0 Å². The molecule has 4 heteroatoms. The number of hydrogen-bond acceptors (Lipinski definition) is 4. The zero-order valence-corrected chi connectivity index (χ0v) is 26.5. The monoisotopic (exact) mass is 540 g/mol. The Hall–Kier alpha value is -0.610. The van der Waals surface area contributed by atoms with Crippen LogP contribution in [0.1, 0.15) is 181 Å². The minimum Gasteiger partial charge on any atom is -0.462 e. The van der Waals surface area contributed by atoms with E-state index in [1.165, 1.54) is 116 Å². The van der Waals surface area contributed by atoms with Gasteiger partial charge in [0.25, 0.3) is 0 Å². The molecule has 0 saturated carbocycles. The van der Waals surface area contributed by atoms with Crippen molar-refractivity contribution in [2.75, 3.05) is 20.1 Å². The van der Waals surface area contributed by atoms with Crippen molar-refractivity contribution in [3.8, 4) is 0 Å². The smallest absolute Gasteiger partial charge is 0.306 e. The molecule has 0 aromatic heterocycles. The summed E-state index contributed by atoms with van der Waals surface area (Å²) in [4.78, 5) is 14.8. The normalized spacial score (nSPS) is 12.5. The number of carbonyl (C=O) groups is 1. The van der Waals surface area contributed by atoms with E-state index < -0.39 is 0 Å². The Morgan fingerprint density at radius 2 is 1.03 bits per heavy atom. The lowest BCUT2D eigenvalue weighted by atomic mass is 10.0. The van der Waals surface area contributed by atoms with Gasteiger partial charge in [-0.05, 0) is 58.5 Å². The highest BCUT2D eigenvalue weighted by Crippen LogP contribution is 2.18. The van der Waals surface area contributed by atoms with Crippen LogP contribution in [0, 0.1) is 0 Å². The molecule has 0 amide bonds. The number of rotatable bonds is 30. The van der Waals surface area contributed by atoms with Crippen molar-refractivity contribution in [3.63, 3.8) is 0 Å². The van der Waals surface area contributed by atoms with Gasteiger partial charge in [0.15, 0.2) is 0 Å². The summed E-state index contributed by atoms with van der Waals surface area (Å²) < 4.78 is 5.96. The van der Waals surface area contributed by atoms with E-state index >= 15 is 0 Å². The van der Waals surface area contributed by atoms with Crippen LogP contribution < -0.4 is 0 Å². The van der Waals surface area contributed by atoms with Gasteiger partial charge in [0.1, 0.15) is 6.10 Å². The molecule has 0 aromatic rings. The second-order valence-electron chi connectivity index (χ2n) is 12.0. The molecule has 0 radical (unpaired) electrons. The van der Waals surface area contributed by atoms with E-state index in [-0.39, 0.29) is 18.2 Å². The molecule has 1 atom stereocenters. The number of carbonyl (C=O) groups excluding carboxylic acids is 1. The molecule has 1 N–H and O–H groups in total. The number of likely N-dealkylation sites (N-methyl/N-ethyl adjacent to an activating group) is 1. The second-order valence-corrected chi connectivity index (χ2v) is 12.0. The largest absolute Gasteiger partial charge is 0.462 e. The fraction of sp³-hybridized carbons (Fsp3) is 0.971. The summed E-state index contributed by atoms with van der Waals surface area (Å²) in [5.74, 6) is -0.00816. The van der Waals surface area contributed by atoms with Crippen LogP contribution in [-0.2, 0) is 9.53 Å². The van der Waals surface area contributed by atoms with Crippen molar-refractivity contribution in [1.29, 1.82) is 0 Å². The molecule has 0 heterocycles. The van der Waals surface area contributed by atoms with Gasteiger partial charge in [-0.2, -0.15) is 0 Å². The Kier molecular flexibility index (Phi) is 28.9. The van der Waals surface area contributed by atoms with Crippen molar-refractivity contribution in [2.24, 2.45) is 0 Å². The van der Waals surface area contributed by atoms with Crippen LogP contribution in [0.15, 0.2) is 0 Å². The van der Waals surface area contributed by atoms with Crippen molar-refractivity contribution in [3.05, 3.63) is 0 Å². The van der Waals surface area contributed by atoms with E-state index in [4.69, 9.17) is 4.74 Å². The zero-order chi connectivity index (χ0) is 28.1. The predicted octanol–water partition coefficient (Wildman–Crippen LogP) is 10.0. The highest BCUT2D eigenvalue weighted by atomic mass is 16.5. The van der Waals surface area contributed by atoms with Crippen LogP contribution in [0.2, 0.25) is 0 Å². The van der Waals surface area contributed by atoms with Crippen molar-refractivity contribution in [1.82, 2.24) is 4.90 Å². The highest BCUT2D eigenvalue weighted by Gasteiger charge is 2.14. The van der Waals surface area contributed by atoms with Crippen molar-refractivity contribution < 1.29 is 14.6 Å². The SMILES string of the molecule is CCCCCCCCC(CCCCCCCC)OC(=O)CCCCCC(O)CN(C)CCCCCCCC. The van der Waals surface area contributed by atoms with E-state index in [1.54, 1.807) is 0 Å². The minimum absolute atomic E-state index is 0.00816. The fourth-order valence-electron chi connectivity index (χ4n) is 5.34. The molecular formula is C34H69NO3. The summed E-state index contributed by atoms with van der Waals surface area (Å²) in [7, 11) is 2.12. The lowest BCUT2D eigenvalue weighted by Crippen LogP contribution is -2.29. The first kappa shape index (κ1) is 37.4. The second kappa shape index (κ2) is 29.4. The van der Waals surface area contributed by atoms with Crippen LogP contribution in [0.5, 0.6) is 0 Å². The van der Waals surface area contributed by atoms with Crippen molar-refractivity contribution in [2.45, 2.75) is 193 Å². The minimum atomic E-state index is -0.258. The molecule has 228 valence electrons. The number of aliphatic hydroxyl groups excluding tert-OH is 1. The van der Waals surface area contributed by atoms with Gasteiger partial charge in [-0.25, -0.2) is 0 Å². The van der Waals surface area contributed by atoms with Gasteiger partial charge in [0, 0.05) is 13.0 Å². The molecule has 0 aliphatic heterocycles. The quantitative estimate of drug-likeness (QED) is 0.0728. The first-order valence-corrected chi connectivity index (χ1v) is 17.1. The molecular weight excluding hydrogens is 470 g/mol. The number of unbranched alkanes of at least 4 members (excludes halogenated alkanes) is 17. The van der Waals surface area contributed by atoms with E-state index in [1.807, 2.05) is 0 Å². The van der Waals surface area contributed by atoms with E-state index in [0.29, 0.717) is 6.42 Å². The third-order valence-corrected chi connectivity index (χ3v) is 7.89. The lowest BCUT2D eigenvalue weighted by Gasteiger charge is -2.20. The van der Waals surface area contributed by atoms with Crippen LogP contribution in [0.25, 0.3) is 0 Å². The van der Waals surface area contributed by atoms with Crippen LogP contribution >= 0.6 is 0 Å². The predicted molar refractivity (Wildman–Crippen MR) is 166 cm³/mol. The lowest BCUT2D eigenvalue weighted by molar-refractivity contribution is -0.150. The molecule has 0 saturated heterocycles. The first-order valence-electron chi connectivity index (χ1n) is 17.1. The molecule has 38 heavy (non-hydrogen) atoms. The number of hydrogen-bond donors (Lipinski definition) is 1. The van der Waals surface area contributed by atoms with E-state index in [0.717, 1.165) is 51.6 Å². The molecule has 4 nitrogen and oxygen atoms in total. The summed E-state index contributed by atoms with van der Waals surface area (Å²) in [6.45, 7) is 8.61. The van der Waals surface area contributed by atoms with Gasteiger partial charge in [0.05, 0.1) is 6.10 Å². The van der Waals surface area contributed by atoms with Crippen LogP contribution in [-0.4, -0.2) is 48.3 Å². The zero-order valence-electron chi connectivity index (χ0n) is 26.5. The van der Waals surface area contributed by atoms with E-state index in [2.05, 4.69) is 32.7 Å². The Labute approximate surface area is 239 Å². The van der Waals surface area contributed by atoms with Crippen LogP contribution in [0.4, 0.5) is 0 Å². The Morgan fingerprint density at radius 3 is 1.55 bits per heavy atom. The van der Waals surface area contributed by atoms with E-state index in [9.17, 15) is 9.90 Å². The summed E-state index contributed by atoms with van der Waals surface area (Å²) in [6, 6.07) is 0. The van der Waals surface area contributed by atoms with Crippen LogP contribution in [0.3, 0.4) is 0 Å². The summed E-state index contributed by atoms with van der Waals surface area (Å²) in [6.07, 6.45) is 29.4. The molecule has 0 spiro atoms. The molecule has 1 unspecified atom stereocenters. The number of ether oxygens (including phenoxy) is 1. The topological polar surface area (TPSA) is 49.8 Å². The maximum absolute atomic E-state index is 12.5. The summed E-state index contributed by atoms with van der Waals surface area (Å²) >= 11 is 0. The summed E-state index contributed by atoms with van der Waals surface area (Å²) in [5.41, 5.74) is 0. The maximum Gasteiger partial charge on any atom is 0.306 e. The highest BCUT2D eigenvalue weighted by molar-refractivity contribution is 5.69. The standard InChI is InChI=1S/C34H69NO3/c1-5-8-11-14-17-22-27-33(28-23-18-15-12-9-6-2)38-34(37)29-24-20-21-26-32(36)31-35(4)30-25-19-16-13-10-7-3/h32-33,36H,5-31H2,1-4H3. The number of aliphatic hydroxyl groups is 1. The average Bonchev–Trinajstić information content (AvgIpc) is 2.89. The van der Waals surface area contributed by atoms with Gasteiger partial charge in [-0.1, -0.05) is 130 Å². The Balaban J connectivity index is 4.02. The summed E-state index contributed by atoms with van der Waals surface area (Å²) in [5, 5.41) is 10.4. The average molecular weight is 540 g/mol. The third kappa shape index (κ3) is 27.0. The van der Waals surface area contributed by atoms with Gasteiger partial charge >= 0.3 is 5.97 Å². The van der Waals surface area contributed by atoms with Gasteiger partial charge in [-0.3, -0.25) is 4.79 Å². The first-order chi connectivity index (χ1) is 18.5. The molecule has 0 aliphatic rings. The molecule has 0 fully saturated rings. The molecule has 0 aliphatic carbocycles. The maximum atomic E-state index is 12.5.